The third kappa shape index (κ3) is 10.1. The third-order valence-corrected chi connectivity index (χ3v) is 6.71. The Balaban J connectivity index is 1.53. The molecule has 0 radical (unpaired) electrons. The third-order valence-electron chi connectivity index (χ3n) is 6.71. The Morgan fingerprint density at radius 2 is 1.65 bits per heavy atom. The Kier molecular flexibility index (Phi) is 10.4. The molecule has 0 N–H and O–H groups in total. The van der Waals surface area contributed by atoms with E-state index in [0.29, 0.717) is 38.5 Å². The fourth-order valence-corrected chi connectivity index (χ4v) is 4.94. The van der Waals surface area contributed by atoms with Crippen LogP contribution >= 0.6 is 0 Å². The molecular formula is C31H42FN3O2. The molecule has 200 valence electrons. The molecule has 1 aliphatic rings. The van der Waals surface area contributed by atoms with Gasteiger partial charge in [0.25, 0.3) is 0 Å². The number of hydrogen-bond donors (Lipinski definition) is 0. The van der Waals surface area contributed by atoms with Gasteiger partial charge in [-0.3, -0.25) is 14.5 Å². The van der Waals surface area contributed by atoms with Gasteiger partial charge in [-0.1, -0.05) is 70.2 Å². The van der Waals surface area contributed by atoms with Crippen molar-refractivity contribution >= 4 is 17.9 Å². The highest BCUT2D eigenvalue weighted by atomic mass is 19.1. The van der Waals surface area contributed by atoms with Gasteiger partial charge in [-0.2, -0.15) is 0 Å². The molecule has 1 saturated heterocycles. The van der Waals surface area contributed by atoms with Crippen LogP contribution in [0.1, 0.15) is 51.7 Å². The summed E-state index contributed by atoms with van der Waals surface area (Å²) in [5.74, 6) is 0.193. The van der Waals surface area contributed by atoms with E-state index in [-0.39, 0.29) is 23.0 Å². The Morgan fingerprint density at radius 1 is 1.00 bits per heavy atom. The summed E-state index contributed by atoms with van der Waals surface area (Å²) in [4.78, 5) is 32.0. The van der Waals surface area contributed by atoms with Gasteiger partial charge < -0.3 is 9.80 Å². The Morgan fingerprint density at radius 3 is 2.27 bits per heavy atom. The van der Waals surface area contributed by atoms with Gasteiger partial charge in [0.1, 0.15) is 5.82 Å². The Labute approximate surface area is 221 Å². The Bertz CT molecular complexity index is 1020. The summed E-state index contributed by atoms with van der Waals surface area (Å²) in [7, 11) is 0. The fourth-order valence-electron chi connectivity index (χ4n) is 4.94. The van der Waals surface area contributed by atoms with Crippen LogP contribution in [0.4, 0.5) is 4.39 Å². The molecule has 1 heterocycles. The van der Waals surface area contributed by atoms with E-state index in [2.05, 4.69) is 32.6 Å². The molecule has 3 rings (SSSR count). The predicted octanol–water partition coefficient (Wildman–Crippen LogP) is 5.47. The summed E-state index contributed by atoms with van der Waals surface area (Å²) in [5, 5.41) is 0. The summed E-state index contributed by atoms with van der Waals surface area (Å²) in [6, 6.07) is 16.2. The van der Waals surface area contributed by atoms with Gasteiger partial charge in [-0.15, -0.1) is 0 Å². The average molecular weight is 508 g/mol. The lowest BCUT2D eigenvalue weighted by Gasteiger charge is -2.35. The van der Waals surface area contributed by atoms with Crippen molar-refractivity contribution in [2.24, 2.45) is 11.3 Å². The number of carbonyl (C=O) groups is 2. The zero-order chi connectivity index (χ0) is 26.8. The molecule has 5 nitrogen and oxygen atoms in total. The van der Waals surface area contributed by atoms with Gasteiger partial charge in [-0.25, -0.2) is 4.39 Å². The molecule has 1 aliphatic heterocycles. The number of benzene rings is 2. The van der Waals surface area contributed by atoms with Gasteiger partial charge in [0, 0.05) is 58.3 Å². The van der Waals surface area contributed by atoms with E-state index in [1.807, 2.05) is 46.2 Å². The van der Waals surface area contributed by atoms with Crippen LogP contribution in [0.25, 0.3) is 6.08 Å². The molecule has 6 heteroatoms. The van der Waals surface area contributed by atoms with Crippen molar-refractivity contribution < 1.29 is 14.0 Å². The first kappa shape index (κ1) is 28.6. The van der Waals surface area contributed by atoms with Gasteiger partial charge >= 0.3 is 0 Å². The number of amides is 2. The van der Waals surface area contributed by atoms with Crippen molar-refractivity contribution in [3.05, 3.63) is 77.6 Å². The van der Waals surface area contributed by atoms with Crippen molar-refractivity contribution in [3.8, 4) is 0 Å². The molecule has 1 atom stereocenters. The van der Waals surface area contributed by atoms with E-state index in [9.17, 15) is 14.0 Å². The van der Waals surface area contributed by atoms with Crippen molar-refractivity contribution in [1.29, 1.82) is 0 Å². The number of piperazine rings is 1. The molecule has 2 aromatic rings. The lowest BCUT2D eigenvalue weighted by molar-refractivity contribution is -0.133. The van der Waals surface area contributed by atoms with Crippen LogP contribution in [-0.2, 0) is 16.1 Å². The Hall–Kier alpha value is -2.99. The van der Waals surface area contributed by atoms with Crippen LogP contribution in [0.15, 0.2) is 60.7 Å². The van der Waals surface area contributed by atoms with Gasteiger partial charge in [0.2, 0.25) is 11.8 Å². The molecule has 0 spiro atoms. The average Bonchev–Trinajstić information content (AvgIpc) is 2.86. The van der Waals surface area contributed by atoms with E-state index in [1.54, 1.807) is 18.2 Å². The highest BCUT2D eigenvalue weighted by Gasteiger charge is 2.24. The molecule has 0 saturated carbocycles. The molecule has 1 unspecified atom stereocenters. The zero-order valence-corrected chi connectivity index (χ0v) is 22.8. The van der Waals surface area contributed by atoms with Crippen molar-refractivity contribution in [2.75, 3.05) is 39.3 Å². The van der Waals surface area contributed by atoms with E-state index in [4.69, 9.17) is 0 Å². The quantitative estimate of drug-likeness (QED) is 0.400. The molecule has 0 aliphatic carbocycles. The normalized spacial score (nSPS) is 15.6. The first-order chi connectivity index (χ1) is 17.6. The maximum Gasteiger partial charge on any atom is 0.246 e. The second-order valence-electron chi connectivity index (χ2n) is 11.4. The largest absolute Gasteiger partial charge is 0.337 e. The van der Waals surface area contributed by atoms with Crippen LogP contribution in [0.5, 0.6) is 0 Å². The minimum absolute atomic E-state index is 0.0319. The molecule has 1 fully saturated rings. The molecule has 2 amide bonds. The van der Waals surface area contributed by atoms with Crippen molar-refractivity contribution in [3.63, 3.8) is 0 Å². The minimum Gasteiger partial charge on any atom is -0.337 e. The van der Waals surface area contributed by atoms with E-state index < -0.39 is 0 Å². The minimum atomic E-state index is -0.272. The van der Waals surface area contributed by atoms with E-state index in [1.165, 1.54) is 12.1 Å². The molecule has 0 aromatic heterocycles. The predicted molar refractivity (Wildman–Crippen MR) is 148 cm³/mol. The van der Waals surface area contributed by atoms with E-state index >= 15 is 0 Å². The van der Waals surface area contributed by atoms with Crippen LogP contribution in [0.3, 0.4) is 0 Å². The molecule has 37 heavy (non-hydrogen) atoms. The number of rotatable bonds is 10. The maximum absolute atomic E-state index is 13.4. The lowest BCUT2D eigenvalue weighted by atomic mass is 9.84. The van der Waals surface area contributed by atoms with Crippen LogP contribution in [-0.4, -0.2) is 65.8 Å². The summed E-state index contributed by atoms with van der Waals surface area (Å²) in [6.45, 7) is 13.5. The zero-order valence-electron chi connectivity index (χ0n) is 22.8. The standard InChI is InChI=1S/C31H42FN3O2/c1-25(23-31(2,3)4)22-30(37)35(24-27-10-13-28(32)14-11-27)21-18-33-16-19-34(20-17-33)29(36)15-12-26-8-6-5-7-9-26/h5-15,25H,16-24H2,1-4H3/b15-12+. The van der Waals surface area contributed by atoms with Gasteiger partial charge in [0.05, 0.1) is 0 Å². The summed E-state index contributed by atoms with van der Waals surface area (Å²) in [5.41, 5.74) is 2.12. The van der Waals surface area contributed by atoms with Crippen LogP contribution in [0, 0.1) is 17.2 Å². The number of halogens is 1. The monoisotopic (exact) mass is 507 g/mol. The van der Waals surface area contributed by atoms with Crippen LogP contribution < -0.4 is 0 Å². The number of carbonyl (C=O) groups excluding carboxylic acids is 2. The highest BCUT2D eigenvalue weighted by molar-refractivity contribution is 5.91. The summed E-state index contributed by atoms with van der Waals surface area (Å²) in [6.07, 6.45) is 4.99. The fraction of sp³-hybridized carbons (Fsp3) is 0.484. The second-order valence-corrected chi connectivity index (χ2v) is 11.4. The molecule has 2 aromatic carbocycles. The van der Waals surface area contributed by atoms with Gasteiger partial charge in [-0.05, 0) is 47.1 Å². The van der Waals surface area contributed by atoms with Crippen molar-refractivity contribution in [2.45, 2.75) is 47.1 Å². The van der Waals surface area contributed by atoms with Crippen molar-refractivity contribution in [1.82, 2.24) is 14.7 Å². The van der Waals surface area contributed by atoms with Crippen LogP contribution in [0.2, 0.25) is 0 Å². The summed E-state index contributed by atoms with van der Waals surface area (Å²) < 4.78 is 13.4. The SMILES string of the molecule is CC(CC(=O)N(CCN1CCN(C(=O)/C=C/c2ccccc2)CC1)Cc1ccc(F)cc1)CC(C)(C)C. The topological polar surface area (TPSA) is 43.9 Å². The highest BCUT2D eigenvalue weighted by Crippen LogP contribution is 2.26. The molecular weight excluding hydrogens is 465 g/mol. The van der Waals surface area contributed by atoms with Gasteiger partial charge in [0.15, 0.2) is 0 Å². The number of hydrogen-bond acceptors (Lipinski definition) is 3. The lowest BCUT2D eigenvalue weighted by Crippen LogP contribution is -2.50. The smallest absolute Gasteiger partial charge is 0.246 e. The first-order valence-corrected chi connectivity index (χ1v) is 13.4. The summed E-state index contributed by atoms with van der Waals surface area (Å²) >= 11 is 0. The second kappa shape index (κ2) is 13.5. The maximum atomic E-state index is 13.4. The van der Waals surface area contributed by atoms with E-state index in [0.717, 1.165) is 37.2 Å². The number of nitrogens with zero attached hydrogens (tertiary/aromatic N) is 3. The first-order valence-electron chi connectivity index (χ1n) is 13.4. The molecule has 0 bridgehead atoms.